The smallest absolute Gasteiger partial charge is 0.430 e. The highest BCUT2D eigenvalue weighted by molar-refractivity contribution is 5.83. The summed E-state index contributed by atoms with van der Waals surface area (Å²) in [5, 5.41) is 5.43. The van der Waals surface area contributed by atoms with Gasteiger partial charge in [0, 0.05) is 25.2 Å². The van der Waals surface area contributed by atoms with Gasteiger partial charge in [0.1, 0.15) is 11.9 Å². The van der Waals surface area contributed by atoms with Crippen LogP contribution in [0.4, 0.5) is 9.18 Å². The summed E-state index contributed by atoms with van der Waals surface area (Å²) in [4.78, 5) is 14.1. The van der Waals surface area contributed by atoms with E-state index in [0.29, 0.717) is 37.4 Å². The highest BCUT2D eigenvalue weighted by Gasteiger charge is 2.32. The van der Waals surface area contributed by atoms with Crippen molar-refractivity contribution in [3.05, 3.63) is 35.1 Å². The second kappa shape index (κ2) is 7.06. The van der Waals surface area contributed by atoms with Crippen molar-refractivity contribution in [2.75, 3.05) is 39.4 Å². The zero-order valence-electron chi connectivity index (χ0n) is 13.1. The molecule has 0 radical (unpaired) electrons. The molecule has 2 fully saturated rings. The highest BCUT2D eigenvalue weighted by Crippen LogP contribution is 2.15. The van der Waals surface area contributed by atoms with Gasteiger partial charge in [-0.2, -0.15) is 10.1 Å². The lowest BCUT2D eigenvalue weighted by Gasteiger charge is -2.27. The third kappa shape index (κ3) is 3.86. The SMILES string of the molecule is Cc1c(F)cccc1/C=N/N1CC(CN2CCOCC2)OC1=O. The normalized spacial score (nSPS) is 22.8. The van der Waals surface area contributed by atoms with Crippen LogP contribution in [0.15, 0.2) is 23.3 Å². The van der Waals surface area contributed by atoms with E-state index in [-0.39, 0.29) is 11.9 Å². The molecule has 0 saturated carbocycles. The lowest BCUT2D eigenvalue weighted by atomic mass is 10.1. The van der Waals surface area contributed by atoms with Crippen molar-refractivity contribution in [3.63, 3.8) is 0 Å². The molecule has 2 saturated heterocycles. The molecule has 1 atom stereocenters. The Morgan fingerprint density at radius 1 is 1.39 bits per heavy atom. The van der Waals surface area contributed by atoms with Crippen molar-refractivity contribution in [2.45, 2.75) is 13.0 Å². The van der Waals surface area contributed by atoms with E-state index in [1.807, 2.05) is 0 Å². The molecular weight excluding hydrogens is 301 g/mol. The van der Waals surface area contributed by atoms with E-state index >= 15 is 0 Å². The Morgan fingerprint density at radius 3 is 2.96 bits per heavy atom. The fourth-order valence-electron chi connectivity index (χ4n) is 2.67. The molecule has 0 bridgehead atoms. The Morgan fingerprint density at radius 2 is 2.17 bits per heavy atom. The molecule has 7 heteroatoms. The lowest BCUT2D eigenvalue weighted by molar-refractivity contribution is 0.0188. The van der Waals surface area contributed by atoms with Crippen molar-refractivity contribution in [3.8, 4) is 0 Å². The molecule has 3 rings (SSSR count). The fraction of sp³-hybridized carbons (Fsp3) is 0.500. The zero-order valence-corrected chi connectivity index (χ0v) is 13.1. The number of rotatable bonds is 4. The number of ether oxygens (including phenoxy) is 2. The van der Waals surface area contributed by atoms with Crippen molar-refractivity contribution < 1.29 is 18.7 Å². The molecule has 0 aromatic heterocycles. The minimum Gasteiger partial charge on any atom is -0.441 e. The van der Waals surface area contributed by atoms with Crippen LogP contribution in [0.25, 0.3) is 0 Å². The minimum atomic E-state index is -0.464. The van der Waals surface area contributed by atoms with Gasteiger partial charge in [-0.3, -0.25) is 4.90 Å². The van der Waals surface area contributed by atoms with Gasteiger partial charge in [-0.1, -0.05) is 12.1 Å². The van der Waals surface area contributed by atoms with E-state index in [2.05, 4.69) is 10.0 Å². The van der Waals surface area contributed by atoms with Crippen molar-refractivity contribution in [2.24, 2.45) is 5.10 Å². The minimum absolute atomic E-state index is 0.202. The van der Waals surface area contributed by atoms with E-state index < -0.39 is 6.09 Å². The van der Waals surface area contributed by atoms with Crippen LogP contribution < -0.4 is 0 Å². The Hall–Kier alpha value is -1.99. The molecule has 0 spiro atoms. The molecule has 2 aliphatic heterocycles. The highest BCUT2D eigenvalue weighted by atomic mass is 19.1. The average Bonchev–Trinajstić information content (AvgIpc) is 2.89. The van der Waals surface area contributed by atoms with Crippen LogP contribution in [0.2, 0.25) is 0 Å². The average molecular weight is 321 g/mol. The molecule has 2 heterocycles. The molecule has 124 valence electrons. The van der Waals surface area contributed by atoms with Gasteiger partial charge in [0.25, 0.3) is 0 Å². The van der Waals surface area contributed by atoms with Crippen LogP contribution in [0.5, 0.6) is 0 Å². The Balaban J connectivity index is 1.59. The largest absolute Gasteiger partial charge is 0.441 e. The van der Waals surface area contributed by atoms with Gasteiger partial charge in [-0.15, -0.1) is 0 Å². The van der Waals surface area contributed by atoms with E-state index in [1.165, 1.54) is 17.3 Å². The molecule has 1 amide bonds. The molecule has 0 aliphatic carbocycles. The number of nitrogens with zero attached hydrogens (tertiary/aromatic N) is 3. The van der Waals surface area contributed by atoms with Crippen LogP contribution in [-0.4, -0.2) is 67.7 Å². The van der Waals surface area contributed by atoms with Crippen LogP contribution >= 0.6 is 0 Å². The third-order valence-electron chi connectivity index (χ3n) is 4.07. The topological polar surface area (TPSA) is 54.4 Å². The second-order valence-corrected chi connectivity index (χ2v) is 5.70. The van der Waals surface area contributed by atoms with E-state index in [1.54, 1.807) is 19.1 Å². The Bertz CT molecular complexity index is 602. The van der Waals surface area contributed by atoms with Crippen LogP contribution in [0, 0.1) is 12.7 Å². The van der Waals surface area contributed by atoms with Crippen LogP contribution in [0.1, 0.15) is 11.1 Å². The first-order chi connectivity index (χ1) is 11.1. The van der Waals surface area contributed by atoms with Crippen molar-refractivity contribution in [1.82, 2.24) is 9.91 Å². The van der Waals surface area contributed by atoms with Gasteiger partial charge in [-0.25, -0.2) is 9.18 Å². The number of hydrazone groups is 1. The van der Waals surface area contributed by atoms with Gasteiger partial charge in [0.05, 0.1) is 26.0 Å². The van der Waals surface area contributed by atoms with Gasteiger partial charge < -0.3 is 9.47 Å². The third-order valence-corrected chi connectivity index (χ3v) is 4.07. The van der Waals surface area contributed by atoms with Crippen molar-refractivity contribution in [1.29, 1.82) is 0 Å². The van der Waals surface area contributed by atoms with E-state index in [0.717, 1.165) is 13.1 Å². The number of halogens is 1. The lowest BCUT2D eigenvalue weighted by Crippen LogP contribution is -2.41. The molecule has 23 heavy (non-hydrogen) atoms. The summed E-state index contributed by atoms with van der Waals surface area (Å²) in [6.07, 6.45) is 0.830. The number of hydrogen-bond donors (Lipinski definition) is 0. The van der Waals surface area contributed by atoms with E-state index in [4.69, 9.17) is 9.47 Å². The second-order valence-electron chi connectivity index (χ2n) is 5.70. The fourth-order valence-corrected chi connectivity index (χ4v) is 2.67. The number of morpholine rings is 1. The summed E-state index contributed by atoms with van der Waals surface area (Å²) in [5.74, 6) is -0.289. The predicted octanol–water partition coefficient (Wildman–Crippen LogP) is 1.62. The summed E-state index contributed by atoms with van der Waals surface area (Å²) in [5.41, 5.74) is 1.16. The summed E-state index contributed by atoms with van der Waals surface area (Å²) in [7, 11) is 0. The number of amides is 1. The summed E-state index contributed by atoms with van der Waals surface area (Å²) >= 11 is 0. The standard InChI is InChI=1S/C16H20FN3O3/c1-12-13(3-2-4-15(12)17)9-18-20-11-14(23-16(20)21)10-19-5-7-22-8-6-19/h2-4,9,14H,5-8,10-11H2,1H3/b18-9+. The quantitative estimate of drug-likeness (QED) is 0.791. The van der Waals surface area contributed by atoms with E-state index in [9.17, 15) is 9.18 Å². The number of carbonyl (C=O) groups excluding carboxylic acids is 1. The maximum atomic E-state index is 13.5. The molecule has 6 nitrogen and oxygen atoms in total. The number of benzene rings is 1. The van der Waals surface area contributed by atoms with Gasteiger partial charge in [-0.05, 0) is 18.6 Å². The number of cyclic esters (lactones) is 1. The monoisotopic (exact) mass is 321 g/mol. The summed E-state index contributed by atoms with van der Waals surface area (Å²) < 4.78 is 24.1. The molecule has 0 N–H and O–H groups in total. The Kier molecular flexibility index (Phi) is 4.88. The zero-order chi connectivity index (χ0) is 16.2. The first kappa shape index (κ1) is 15.9. The van der Waals surface area contributed by atoms with Gasteiger partial charge in [0.15, 0.2) is 0 Å². The predicted molar refractivity (Wildman–Crippen MR) is 83.0 cm³/mol. The Labute approximate surface area is 134 Å². The van der Waals surface area contributed by atoms with Gasteiger partial charge in [0.2, 0.25) is 0 Å². The first-order valence-electron chi connectivity index (χ1n) is 7.71. The first-order valence-corrected chi connectivity index (χ1v) is 7.71. The van der Waals surface area contributed by atoms with Gasteiger partial charge >= 0.3 is 6.09 Å². The molecular formula is C16H20FN3O3. The maximum absolute atomic E-state index is 13.5. The number of carbonyl (C=O) groups is 1. The van der Waals surface area contributed by atoms with Crippen LogP contribution in [0.3, 0.4) is 0 Å². The molecule has 1 aromatic rings. The van der Waals surface area contributed by atoms with Crippen LogP contribution in [-0.2, 0) is 9.47 Å². The number of hydrogen-bond acceptors (Lipinski definition) is 5. The molecule has 1 aromatic carbocycles. The molecule has 2 aliphatic rings. The maximum Gasteiger partial charge on any atom is 0.430 e. The summed E-state index contributed by atoms with van der Waals surface area (Å²) in [6, 6.07) is 4.77. The summed E-state index contributed by atoms with van der Waals surface area (Å²) in [6.45, 7) is 5.88. The molecule has 1 unspecified atom stereocenters. The van der Waals surface area contributed by atoms with Crippen molar-refractivity contribution >= 4 is 12.3 Å².